The van der Waals surface area contributed by atoms with Crippen LogP contribution >= 0.6 is 11.6 Å². The zero-order chi connectivity index (χ0) is 17.5. The summed E-state index contributed by atoms with van der Waals surface area (Å²) >= 11 is 5.97. The first-order valence-electron chi connectivity index (χ1n) is 7.15. The molecule has 1 heterocycles. The van der Waals surface area contributed by atoms with E-state index < -0.39 is 10.0 Å². The van der Waals surface area contributed by atoms with E-state index in [1.807, 2.05) is 6.92 Å². The number of aromatic nitrogens is 2. The van der Waals surface area contributed by atoms with Crippen molar-refractivity contribution in [3.8, 4) is 5.69 Å². The summed E-state index contributed by atoms with van der Waals surface area (Å²) in [6.07, 6.45) is 0.522. The fourth-order valence-corrected chi connectivity index (χ4v) is 3.17. The van der Waals surface area contributed by atoms with E-state index >= 15 is 0 Å². The highest BCUT2D eigenvalue weighted by molar-refractivity contribution is 7.89. The van der Waals surface area contributed by atoms with Gasteiger partial charge in [-0.2, -0.15) is 0 Å². The Morgan fingerprint density at radius 1 is 1.17 bits per heavy atom. The third-order valence-corrected chi connectivity index (χ3v) is 4.80. The predicted octanol–water partition coefficient (Wildman–Crippen LogP) is 2.25. The van der Waals surface area contributed by atoms with E-state index in [2.05, 4.69) is 4.98 Å². The van der Waals surface area contributed by atoms with Crippen LogP contribution in [0, 0.1) is 0 Å². The van der Waals surface area contributed by atoms with E-state index in [1.54, 1.807) is 18.2 Å². The average Bonchev–Trinajstić information content (AvgIpc) is 2.53. The number of sulfonamides is 1. The van der Waals surface area contributed by atoms with Crippen LogP contribution in [0.5, 0.6) is 0 Å². The minimum atomic E-state index is -3.78. The first-order chi connectivity index (χ1) is 11.3. The number of aryl methyl sites for hydroxylation is 1. The number of rotatable bonds is 3. The van der Waals surface area contributed by atoms with E-state index in [9.17, 15) is 13.2 Å². The van der Waals surface area contributed by atoms with Gasteiger partial charge in [0, 0.05) is 11.4 Å². The van der Waals surface area contributed by atoms with E-state index in [0.717, 1.165) is 0 Å². The third kappa shape index (κ3) is 2.93. The molecule has 0 aliphatic heterocycles. The molecule has 0 radical (unpaired) electrons. The average molecular weight is 364 g/mol. The van der Waals surface area contributed by atoms with Gasteiger partial charge in [-0.05, 0) is 42.5 Å². The summed E-state index contributed by atoms with van der Waals surface area (Å²) in [6.45, 7) is 1.88. The van der Waals surface area contributed by atoms with Gasteiger partial charge in [-0.3, -0.25) is 9.36 Å². The number of hydrogen-bond donors (Lipinski definition) is 1. The molecule has 3 aromatic rings. The van der Waals surface area contributed by atoms with E-state index in [1.165, 1.54) is 28.8 Å². The zero-order valence-corrected chi connectivity index (χ0v) is 14.3. The van der Waals surface area contributed by atoms with Gasteiger partial charge in [0.2, 0.25) is 10.0 Å². The van der Waals surface area contributed by atoms with Crippen LogP contribution in [0.2, 0.25) is 5.02 Å². The Hall–Kier alpha value is -2.22. The minimum absolute atomic E-state index is 0.0159. The first kappa shape index (κ1) is 16.6. The van der Waals surface area contributed by atoms with Gasteiger partial charge in [-0.15, -0.1) is 0 Å². The van der Waals surface area contributed by atoms with Crippen molar-refractivity contribution in [1.82, 2.24) is 9.55 Å². The van der Waals surface area contributed by atoms with Gasteiger partial charge < -0.3 is 0 Å². The number of primary sulfonamides is 1. The summed E-state index contributed by atoms with van der Waals surface area (Å²) in [4.78, 5) is 17.3. The molecule has 8 heteroatoms. The maximum absolute atomic E-state index is 12.8. The summed E-state index contributed by atoms with van der Waals surface area (Å²) in [6, 6.07) is 10.7. The molecule has 3 rings (SSSR count). The van der Waals surface area contributed by atoms with E-state index in [-0.39, 0.29) is 10.5 Å². The molecule has 6 nitrogen and oxygen atoms in total. The van der Waals surface area contributed by atoms with Crippen LogP contribution in [0.1, 0.15) is 12.7 Å². The molecule has 0 saturated carbocycles. The lowest BCUT2D eigenvalue weighted by Gasteiger charge is -2.13. The molecule has 0 aliphatic rings. The Morgan fingerprint density at radius 3 is 2.42 bits per heavy atom. The highest BCUT2D eigenvalue weighted by atomic mass is 35.5. The highest BCUT2D eigenvalue weighted by Crippen LogP contribution is 2.18. The molecule has 124 valence electrons. The molecule has 0 atom stereocenters. The summed E-state index contributed by atoms with van der Waals surface area (Å²) in [5, 5.41) is 6.04. The smallest absolute Gasteiger partial charge is 0.265 e. The SMILES string of the molecule is CCc1nc2cc(Cl)ccc2c(=O)n1-c1ccc(S(N)(=O)=O)cc1. The Kier molecular flexibility index (Phi) is 4.16. The number of nitrogens with two attached hydrogens (primary N) is 1. The van der Waals surface area contributed by atoms with Crippen LogP contribution in [0.4, 0.5) is 0 Å². The number of fused-ring (bicyclic) bond motifs is 1. The predicted molar refractivity (Wildman–Crippen MR) is 93.1 cm³/mol. The molecule has 2 aromatic carbocycles. The van der Waals surface area contributed by atoms with Crippen molar-refractivity contribution < 1.29 is 8.42 Å². The molecule has 24 heavy (non-hydrogen) atoms. The van der Waals surface area contributed by atoms with Crippen molar-refractivity contribution in [3.05, 3.63) is 63.7 Å². The molecular formula is C16H14ClN3O3S. The van der Waals surface area contributed by atoms with Crippen LogP contribution in [0.25, 0.3) is 16.6 Å². The Morgan fingerprint density at radius 2 is 1.83 bits per heavy atom. The zero-order valence-electron chi connectivity index (χ0n) is 12.7. The second-order valence-corrected chi connectivity index (χ2v) is 7.22. The monoisotopic (exact) mass is 363 g/mol. The third-order valence-electron chi connectivity index (χ3n) is 3.64. The molecule has 2 N–H and O–H groups in total. The molecule has 0 unspecified atom stereocenters. The second-order valence-electron chi connectivity index (χ2n) is 5.22. The second kappa shape index (κ2) is 6.01. The normalized spacial score (nSPS) is 11.8. The van der Waals surface area contributed by atoms with Crippen LogP contribution < -0.4 is 10.7 Å². The minimum Gasteiger partial charge on any atom is -0.268 e. The quantitative estimate of drug-likeness (QED) is 0.772. The van der Waals surface area contributed by atoms with Crippen LogP contribution in [0.15, 0.2) is 52.2 Å². The van der Waals surface area contributed by atoms with Crippen LogP contribution in [-0.4, -0.2) is 18.0 Å². The first-order valence-corrected chi connectivity index (χ1v) is 9.08. The summed E-state index contributed by atoms with van der Waals surface area (Å²) < 4.78 is 24.2. The summed E-state index contributed by atoms with van der Waals surface area (Å²) in [7, 11) is -3.78. The lowest BCUT2D eigenvalue weighted by Crippen LogP contribution is -2.23. The van der Waals surface area contributed by atoms with Gasteiger partial charge in [-0.1, -0.05) is 18.5 Å². The van der Waals surface area contributed by atoms with Gasteiger partial charge >= 0.3 is 0 Å². The van der Waals surface area contributed by atoms with Gasteiger partial charge in [-0.25, -0.2) is 18.5 Å². The van der Waals surface area contributed by atoms with Gasteiger partial charge in [0.1, 0.15) is 5.82 Å². The maximum atomic E-state index is 12.8. The van der Waals surface area contributed by atoms with Crippen LogP contribution in [0.3, 0.4) is 0 Å². The molecule has 0 fully saturated rings. The molecular weight excluding hydrogens is 350 g/mol. The number of benzene rings is 2. The Balaban J connectivity index is 2.27. The summed E-state index contributed by atoms with van der Waals surface area (Å²) in [5.41, 5.74) is 0.812. The Labute approximate surface area is 143 Å². The standard InChI is InChI=1S/C16H14ClN3O3S/c1-2-15-19-14-9-10(17)3-8-13(14)16(21)20(15)11-4-6-12(7-5-11)24(18,22)23/h3-9H,2H2,1H3,(H2,18,22,23). The van der Waals surface area contributed by atoms with Crippen molar-refractivity contribution in [2.24, 2.45) is 5.14 Å². The highest BCUT2D eigenvalue weighted by Gasteiger charge is 2.13. The molecule has 0 amide bonds. The van der Waals surface area contributed by atoms with Crippen molar-refractivity contribution in [3.63, 3.8) is 0 Å². The lowest BCUT2D eigenvalue weighted by molar-refractivity contribution is 0.598. The van der Waals surface area contributed by atoms with Crippen molar-refractivity contribution in [2.45, 2.75) is 18.2 Å². The Bertz CT molecular complexity index is 1090. The van der Waals surface area contributed by atoms with Crippen molar-refractivity contribution in [1.29, 1.82) is 0 Å². The fourth-order valence-electron chi connectivity index (χ4n) is 2.49. The van der Waals surface area contributed by atoms with Gasteiger partial charge in [0.15, 0.2) is 0 Å². The summed E-state index contributed by atoms with van der Waals surface area (Å²) in [5.74, 6) is 0.554. The number of halogens is 1. The molecule has 1 aromatic heterocycles. The maximum Gasteiger partial charge on any atom is 0.265 e. The topological polar surface area (TPSA) is 95.0 Å². The van der Waals surface area contributed by atoms with Crippen molar-refractivity contribution in [2.75, 3.05) is 0 Å². The fraction of sp³-hybridized carbons (Fsp3) is 0.125. The van der Waals surface area contributed by atoms with Crippen LogP contribution in [-0.2, 0) is 16.4 Å². The van der Waals surface area contributed by atoms with Gasteiger partial charge in [0.05, 0.1) is 21.5 Å². The lowest BCUT2D eigenvalue weighted by atomic mass is 10.2. The van der Waals surface area contributed by atoms with Gasteiger partial charge in [0.25, 0.3) is 5.56 Å². The molecule has 0 saturated heterocycles. The van der Waals surface area contributed by atoms with E-state index in [4.69, 9.17) is 16.7 Å². The van der Waals surface area contributed by atoms with E-state index in [0.29, 0.717) is 33.9 Å². The largest absolute Gasteiger partial charge is 0.268 e. The number of nitrogens with zero attached hydrogens (tertiary/aromatic N) is 2. The molecule has 0 bridgehead atoms. The molecule has 0 spiro atoms. The molecule has 0 aliphatic carbocycles. The number of hydrogen-bond acceptors (Lipinski definition) is 4. The van der Waals surface area contributed by atoms with Crippen molar-refractivity contribution >= 4 is 32.5 Å².